The summed E-state index contributed by atoms with van der Waals surface area (Å²) in [4.78, 5) is 19.9. The van der Waals surface area contributed by atoms with Crippen LogP contribution in [0.1, 0.15) is 36.2 Å². The van der Waals surface area contributed by atoms with E-state index >= 15 is 0 Å². The van der Waals surface area contributed by atoms with Crippen LogP contribution in [0.15, 0.2) is 18.3 Å². The molecule has 2 aromatic heterocycles. The van der Waals surface area contributed by atoms with Gasteiger partial charge in [0.15, 0.2) is 0 Å². The molecule has 0 aliphatic rings. The molecule has 1 amide bonds. The zero-order valence-corrected chi connectivity index (χ0v) is 10.7. The third-order valence-electron chi connectivity index (χ3n) is 2.22. The fourth-order valence-corrected chi connectivity index (χ4v) is 1.37. The highest BCUT2D eigenvalue weighted by molar-refractivity contribution is 6.30. The van der Waals surface area contributed by atoms with Gasteiger partial charge in [-0.25, -0.2) is 9.97 Å². The lowest BCUT2D eigenvalue weighted by Gasteiger charge is -2.00. The van der Waals surface area contributed by atoms with Crippen LogP contribution in [-0.2, 0) is 0 Å². The largest absolute Gasteiger partial charge is 0.304 e. The number of aromatic amines is 1. The van der Waals surface area contributed by atoms with E-state index in [0.29, 0.717) is 16.7 Å². The van der Waals surface area contributed by atoms with Crippen LogP contribution in [0, 0.1) is 0 Å². The van der Waals surface area contributed by atoms with Gasteiger partial charge < -0.3 is 5.32 Å². The van der Waals surface area contributed by atoms with E-state index in [4.69, 9.17) is 11.6 Å². The third kappa shape index (κ3) is 2.84. The minimum atomic E-state index is -0.409. The SMILES string of the molecule is CC(C)c1nc(C(=O)Nc2ccc(Cl)cn2)n[nH]1. The molecule has 2 rings (SSSR count). The second-order valence-corrected chi connectivity index (χ2v) is 4.45. The molecular formula is C11H12ClN5O. The molecule has 0 bridgehead atoms. The molecule has 6 nitrogen and oxygen atoms in total. The third-order valence-corrected chi connectivity index (χ3v) is 2.45. The van der Waals surface area contributed by atoms with Crippen LogP contribution in [0.25, 0.3) is 0 Å². The predicted octanol–water partition coefficient (Wildman–Crippen LogP) is 2.23. The Morgan fingerprint density at radius 3 is 2.78 bits per heavy atom. The van der Waals surface area contributed by atoms with E-state index in [2.05, 4.69) is 25.5 Å². The molecule has 0 aliphatic heterocycles. The number of amides is 1. The summed E-state index contributed by atoms with van der Waals surface area (Å²) in [5, 5.41) is 9.66. The second-order valence-electron chi connectivity index (χ2n) is 4.01. The highest BCUT2D eigenvalue weighted by atomic mass is 35.5. The van der Waals surface area contributed by atoms with E-state index in [0.717, 1.165) is 0 Å². The van der Waals surface area contributed by atoms with E-state index in [1.54, 1.807) is 12.1 Å². The standard InChI is InChI=1S/C11H12ClN5O/c1-6(2)9-15-10(17-16-9)11(18)14-8-4-3-7(12)5-13-8/h3-6H,1-2H3,(H,13,14,18)(H,15,16,17). The van der Waals surface area contributed by atoms with Crippen LogP contribution < -0.4 is 5.32 Å². The molecule has 0 aromatic carbocycles. The normalized spacial score (nSPS) is 10.7. The average Bonchev–Trinajstić information content (AvgIpc) is 2.81. The summed E-state index contributed by atoms with van der Waals surface area (Å²) in [6.45, 7) is 3.92. The zero-order valence-electron chi connectivity index (χ0n) is 9.94. The zero-order chi connectivity index (χ0) is 13.1. The first-order valence-corrected chi connectivity index (χ1v) is 5.79. The Morgan fingerprint density at radius 2 is 2.22 bits per heavy atom. The Bertz CT molecular complexity index is 549. The van der Waals surface area contributed by atoms with Gasteiger partial charge in [0.2, 0.25) is 5.82 Å². The molecule has 7 heteroatoms. The molecule has 2 aromatic rings. The molecule has 0 aliphatic carbocycles. The Hall–Kier alpha value is -1.95. The molecule has 0 radical (unpaired) electrons. The van der Waals surface area contributed by atoms with Crippen molar-refractivity contribution in [2.24, 2.45) is 0 Å². The minimum absolute atomic E-state index is 0.0930. The van der Waals surface area contributed by atoms with Crippen molar-refractivity contribution < 1.29 is 4.79 Å². The first-order valence-electron chi connectivity index (χ1n) is 5.41. The average molecular weight is 266 g/mol. The van der Waals surface area contributed by atoms with Gasteiger partial charge in [-0.05, 0) is 12.1 Å². The van der Waals surface area contributed by atoms with E-state index in [1.807, 2.05) is 13.8 Å². The smallest absolute Gasteiger partial charge is 0.296 e. The summed E-state index contributed by atoms with van der Waals surface area (Å²) in [5.74, 6) is 0.945. The number of nitrogens with zero attached hydrogens (tertiary/aromatic N) is 3. The van der Waals surface area contributed by atoms with Crippen LogP contribution >= 0.6 is 11.6 Å². The summed E-state index contributed by atoms with van der Waals surface area (Å²) in [6.07, 6.45) is 1.45. The monoisotopic (exact) mass is 265 g/mol. The van der Waals surface area contributed by atoms with Gasteiger partial charge in [-0.1, -0.05) is 25.4 Å². The van der Waals surface area contributed by atoms with Gasteiger partial charge >= 0.3 is 0 Å². The van der Waals surface area contributed by atoms with Crippen LogP contribution in [0.3, 0.4) is 0 Å². The van der Waals surface area contributed by atoms with Crippen molar-refractivity contribution in [1.29, 1.82) is 0 Å². The lowest BCUT2D eigenvalue weighted by molar-refractivity contribution is 0.101. The number of H-pyrrole nitrogens is 1. The Kier molecular flexibility index (Phi) is 3.57. The summed E-state index contributed by atoms with van der Waals surface area (Å²) >= 11 is 5.70. The van der Waals surface area contributed by atoms with Crippen molar-refractivity contribution in [3.05, 3.63) is 35.0 Å². The molecule has 0 unspecified atom stereocenters. The maximum atomic E-state index is 11.8. The maximum absolute atomic E-state index is 11.8. The lowest BCUT2D eigenvalue weighted by Crippen LogP contribution is -2.14. The van der Waals surface area contributed by atoms with Crippen LogP contribution in [0.5, 0.6) is 0 Å². The molecule has 0 saturated carbocycles. The number of nitrogens with one attached hydrogen (secondary N) is 2. The Balaban J connectivity index is 2.09. The number of aromatic nitrogens is 4. The molecule has 0 spiro atoms. The van der Waals surface area contributed by atoms with E-state index in [9.17, 15) is 4.79 Å². The molecular weight excluding hydrogens is 254 g/mol. The molecule has 18 heavy (non-hydrogen) atoms. The number of rotatable bonds is 3. The number of carbonyl (C=O) groups excluding carboxylic acids is 1. The number of halogens is 1. The van der Waals surface area contributed by atoms with E-state index < -0.39 is 5.91 Å². The van der Waals surface area contributed by atoms with Crippen molar-refractivity contribution in [3.63, 3.8) is 0 Å². The molecule has 0 atom stereocenters. The van der Waals surface area contributed by atoms with Crippen LogP contribution in [-0.4, -0.2) is 26.1 Å². The summed E-state index contributed by atoms with van der Waals surface area (Å²) in [7, 11) is 0. The highest BCUT2D eigenvalue weighted by Gasteiger charge is 2.14. The van der Waals surface area contributed by atoms with E-state index in [-0.39, 0.29) is 11.7 Å². The minimum Gasteiger partial charge on any atom is -0.304 e. The summed E-state index contributed by atoms with van der Waals surface area (Å²) in [5.41, 5.74) is 0. The highest BCUT2D eigenvalue weighted by Crippen LogP contribution is 2.11. The lowest BCUT2D eigenvalue weighted by atomic mass is 10.2. The van der Waals surface area contributed by atoms with Gasteiger partial charge in [-0.15, -0.1) is 5.10 Å². The molecule has 2 heterocycles. The van der Waals surface area contributed by atoms with Crippen molar-refractivity contribution in [1.82, 2.24) is 20.2 Å². The number of anilines is 1. The number of hydrogen-bond acceptors (Lipinski definition) is 4. The molecule has 0 fully saturated rings. The number of carbonyl (C=O) groups is 1. The Labute approximate surface area is 109 Å². The number of hydrogen-bond donors (Lipinski definition) is 2. The van der Waals surface area contributed by atoms with Crippen molar-refractivity contribution in [2.45, 2.75) is 19.8 Å². The van der Waals surface area contributed by atoms with Gasteiger partial charge in [0, 0.05) is 12.1 Å². The van der Waals surface area contributed by atoms with Crippen LogP contribution in [0.4, 0.5) is 5.82 Å². The van der Waals surface area contributed by atoms with Crippen molar-refractivity contribution in [2.75, 3.05) is 5.32 Å². The van der Waals surface area contributed by atoms with Gasteiger partial charge in [0.05, 0.1) is 5.02 Å². The quantitative estimate of drug-likeness (QED) is 0.891. The van der Waals surface area contributed by atoms with E-state index in [1.165, 1.54) is 6.20 Å². The van der Waals surface area contributed by atoms with Crippen molar-refractivity contribution >= 4 is 23.3 Å². The first-order chi connectivity index (χ1) is 8.56. The first kappa shape index (κ1) is 12.5. The second kappa shape index (κ2) is 5.14. The molecule has 2 N–H and O–H groups in total. The Morgan fingerprint density at radius 1 is 1.44 bits per heavy atom. The predicted molar refractivity (Wildman–Crippen MR) is 67.7 cm³/mol. The van der Waals surface area contributed by atoms with Crippen molar-refractivity contribution in [3.8, 4) is 0 Å². The topological polar surface area (TPSA) is 83.6 Å². The maximum Gasteiger partial charge on any atom is 0.296 e. The summed E-state index contributed by atoms with van der Waals surface area (Å²) < 4.78 is 0. The van der Waals surface area contributed by atoms with Crippen LogP contribution in [0.2, 0.25) is 5.02 Å². The van der Waals surface area contributed by atoms with Gasteiger partial charge in [-0.3, -0.25) is 9.89 Å². The van der Waals surface area contributed by atoms with Gasteiger partial charge in [0.1, 0.15) is 11.6 Å². The fourth-order valence-electron chi connectivity index (χ4n) is 1.26. The molecule has 0 saturated heterocycles. The number of pyridine rings is 1. The summed E-state index contributed by atoms with van der Waals surface area (Å²) in [6, 6.07) is 3.25. The van der Waals surface area contributed by atoms with Gasteiger partial charge in [0.25, 0.3) is 5.91 Å². The fraction of sp³-hybridized carbons (Fsp3) is 0.273. The molecule has 94 valence electrons. The van der Waals surface area contributed by atoms with Gasteiger partial charge in [-0.2, -0.15) is 0 Å².